The summed E-state index contributed by atoms with van der Waals surface area (Å²) in [5.74, 6) is 0. The van der Waals surface area contributed by atoms with Gasteiger partial charge in [-0.3, -0.25) is 0 Å². The van der Waals surface area contributed by atoms with Gasteiger partial charge >= 0.3 is 0 Å². The van der Waals surface area contributed by atoms with Gasteiger partial charge in [0.15, 0.2) is 0 Å². The minimum Gasteiger partial charge on any atom is -0.127 e. The van der Waals surface area contributed by atoms with Crippen LogP contribution in [0.25, 0.3) is 10.8 Å². The number of thioether (sulfide) groups is 2. The third-order valence-corrected chi connectivity index (χ3v) is 5.18. The van der Waals surface area contributed by atoms with Gasteiger partial charge < -0.3 is 0 Å². The van der Waals surface area contributed by atoms with Crippen molar-refractivity contribution in [3.05, 3.63) is 34.3 Å². The zero-order chi connectivity index (χ0) is 11.7. The van der Waals surface area contributed by atoms with Crippen LogP contribution in [0, 0.1) is 0 Å². The molecule has 0 nitrogen and oxygen atoms in total. The quantitative estimate of drug-likeness (QED) is 0.661. The Balaban J connectivity index is 2.93. The number of benzene rings is 2. The van der Waals surface area contributed by atoms with Crippen LogP contribution in [0.1, 0.15) is 0 Å². The SMILES string of the molecule is CSc1c(SC)c(Cl)c2ccccc2c1Cl. The molecule has 0 aliphatic heterocycles. The summed E-state index contributed by atoms with van der Waals surface area (Å²) in [7, 11) is 0. The van der Waals surface area contributed by atoms with Gasteiger partial charge in [0.2, 0.25) is 0 Å². The molecule has 84 valence electrons. The van der Waals surface area contributed by atoms with Crippen molar-refractivity contribution in [2.75, 3.05) is 12.5 Å². The maximum Gasteiger partial charge on any atom is 0.0632 e. The second-order valence-corrected chi connectivity index (χ2v) is 5.63. The predicted molar refractivity (Wildman–Crippen MR) is 77.5 cm³/mol. The summed E-state index contributed by atoms with van der Waals surface area (Å²) in [6, 6.07) is 7.97. The lowest BCUT2D eigenvalue weighted by Gasteiger charge is -2.13. The Hall–Kier alpha value is -0.0200. The second kappa shape index (κ2) is 5.09. The maximum absolute atomic E-state index is 6.40. The number of hydrogen-bond acceptors (Lipinski definition) is 2. The standard InChI is InChI=1S/C12H10Cl2S2/c1-15-11-9(13)7-5-3-4-6-8(7)10(14)12(11)16-2/h3-6H,1-2H3. The topological polar surface area (TPSA) is 0 Å². The highest BCUT2D eigenvalue weighted by molar-refractivity contribution is 8.01. The van der Waals surface area contributed by atoms with Gasteiger partial charge in [0, 0.05) is 20.6 Å². The molecule has 0 spiro atoms. The van der Waals surface area contributed by atoms with Crippen molar-refractivity contribution < 1.29 is 0 Å². The molecule has 0 saturated heterocycles. The van der Waals surface area contributed by atoms with E-state index in [0.717, 1.165) is 30.6 Å². The molecule has 0 amide bonds. The van der Waals surface area contributed by atoms with E-state index in [1.807, 2.05) is 36.8 Å². The lowest BCUT2D eigenvalue weighted by Crippen LogP contribution is -1.85. The first kappa shape index (κ1) is 12.4. The van der Waals surface area contributed by atoms with Crippen LogP contribution in [0.15, 0.2) is 34.1 Å². The molecule has 0 atom stereocenters. The molecule has 0 radical (unpaired) electrons. The van der Waals surface area contributed by atoms with Crippen LogP contribution in [0.2, 0.25) is 10.0 Å². The van der Waals surface area contributed by atoms with Crippen LogP contribution in [0.3, 0.4) is 0 Å². The fourth-order valence-electron chi connectivity index (χ4n) is 1.67. The van der Waals surface area contributed by atoms with Crippen molar-refractivity contribution in [2.45, 2.75) is 9.79 Å². The van der Waals surface area contributed by atoms with Gasteiger partial charge in [0.05, 0.1) is 10.0 Å². The van der Waals surface area contributed by atoms with E-state index in [1.54, 1.807) is 23.5 Å². The molecule has 0 aliphatic carbocycles. The van der Waals surface area contributed by atoms with Crippen LogP contribution in [0.5, 0.6) is 0 Å². The van der Waals surface area contributed by atoms with E-state index in [9.17, 15) is 0 Å². The van der Waals surface area contributed by atoms with E-state index in [0.29, 0.717) is 0 Å². The second-order valence-electron chi connectivity index (χ2n) is 3.24. The fraction of sp³-hybridized carbons (Fsp3) is 0.167. The molecule has 0 N–H and O–H groups in total. The highest BCUT2D eigenvalue weighted by atomic mass is 35.5. The molecule has 0 aliphatic rings. The highest BCUT2D eigenvalue weighted by Gasteiger charge is 2.15. The van der Waals surface area contributed by atoms with Crippen molar-refractivity contribution in [1.82, 2.24) is 0 Å². The monoisotopic (exact) mass is 288 g/mol. The van der Waals surface area contributed by atoms with Crippen LogP contribution in [-0.2, 0) is 0 Å². The molecule has 0 aromatic heterocycles. The fourth-order valence-corrected chi connectivity index (χ4v) is 4.42. The van der Waals surface area contributed by atoms with Gasteiger partial charge in [-0.05, 0) is 12.5 Å². The van der Waals surface area contributed by atoms with Crippen LogP contribution in [-0.4, -0.2) is 12.5 Å². The number of fused-ring (bicyclic) bond motifs is 1. The molecule has 2 aromatic rings. The normalized spacial score (nSPS) is 11.0. The zero-order valence-corrected chi connectivity index (χ0v) is 12.0. The highest BCUT2D eigenvalue weighted by Crippen LogP contribution is 2.45. The van der Waals surface area contributed by atoms with E-state index in [2.05, 4.69) is 0 Å². The Kier molecular flexibility index (Phi) is 3.96. The largest absolute Gasteiger partial charge is 0.127 e. The third kappa shape index (κ3) is 1.92. The minimum atomic E-state index is 0.803. The van der Waals surface area contributed by atoms with Crippen LogP contribution in [0.4, 0.5) is 0 Å². The molecule has 0 saturated carbocycles. The van der Waals surface area contributed by atoms with Crippen LogP contribution >= 0.6 is 46.7 Å². The summed E-state index contributed by atoms with van der Waals surface area (Å²) in [5.41, 5.74) is 0. The van der Waals surface area contributed by atoms with Crippen molar-refractivity contribution in [3.8, 4) is 0 Å². The van der Waals surface area contributed by atoms with Gasteiger partial charge in [-0.1, -0.05) is 47.5 Å². The van der Waals surface area contributed by atoms with Gasteiger partial charge in [-0.15, -0.1) is 23.5 Å². The van der Waals surface area contributed by atoms with Gasteiger partial charge in [-0.2, -0.15) is 0 Å². The average Bonchev–Trinajstić information content (AvgIpc) is 2.33. The first-order valence-electron chi connectivity index (χ1n) is 4.68. The third-order valence-electron chi connectivity index (χ3n) is 2.41. The van der Waals surface area contributed by atoms with Gasteiger partial charge in [0.25, 0.3) is 0 Å². The lowest BCUT2D eigenvalue weighted by molar-refractivity contribution is 1.29. The smallest absolute Gasteiger partial charge is 0.0632 e. The van der Waals surface area contributed by atoms with E-state index >= 15 is 0 Å². The number of halogens is 2. The van der Waals surface area contributed by atoms with Crippen molar-refractivity contribution in [2.24, 2.45) is 0 Å². The maximum atomic E-state index is 6.40. The average molecular weight is 289 g/mol. The molecule has 0 unspecified atom stereocenters. The van der Waals surface area contributed by atoms with E-state index in [1.165, 1.54) is 0 Å². The van der Waals surface area contributed by atoms with Crippen molar-refractivity contribution in [3.63, 3.8) is 0 Å². The molecule has 16 heavy (non-hydrogen) atoms. The summed E-state index contributed by atoms with van der Waals surface area (Å²) in [4.78, 5) is 2.13. The molecule has 2 rings (SSSR count). The van der Waals surface area contributed by atoms with Gasteiger partial charge in [0.1, 0.15) is 0 Å². The van der Waals surface area contributed by atoms with Crippen LogP contribution < -0.4 is 0 Å². The molecule has 0 fully saturated rings. The molecular formula is C12H10Cl2S2. The first-order chi connectivity index (χ1) is 7.70. The molecule has 2 aromatic carbocycles. The number of hydrogen-bond donors (Lipinski definition) is 0. The molecule has 4 heteroatoms. The Morgan fingerprint density at radius 3 is 1.50 bits per heavy atom. The molecule has 0 heterocycles. The van der Waals surface area contributed by atoms with Gasteiger partial charge in [-0.25, -0.2) is 0 Å². The summed E-state index contributed by atoms with van der Waals surface area (Å²) in [6.45, 7) is 0. The Morgan fingerprint density at radius 1 is 0.812 bits per heavy atom. The minimum absolute atomic E-state index is 0.803. The summed E-state index contributed by atoms with van der Waals surface area (Å²) >= 11 is 16.1. The first-order valence-corrected chi connectivity index (χ1v) is 7.89. The van der Waals surface area contributed by atoms with Crippen molar-refractivity contribution >= 4 is 57.5 Å². The summed E-state index contributed by atoms with van der Waals surface area (Å²) in [5, 5.41) is 3.65. The van der Waals surface area contributed by atoms with E-state index in [4.69, 9.17) is 23.2 Å². The molecular weight excluding hydrogens is 279 g/mol. The predicted octanol–water partition coefficient (Wildman–Crippen LogP) is 5.59. The Labute approximate surface area is 114 Å². The summed E-state index contributed by atoms with van der Waals surface area (Å²) in [6.07, 6.45) is 4.04. The van der Waals surface area contributed by atoms with Crippen molar-refractivity contribution in [1.29, 1.82) is 0 Å². The number of rotatable bonds is 2. The molecule has 0 bridgehead atoms. The zero-order valence-electron chi connectivity index (χ0n) is 8.88. The lowest BCUT2D eigenvalue weighted by atomic mass is 10.1. The Bertz CT molecular complexity index is 490. The van der Waals surface area contributed by atoms with E-state index in [-0.39, 0.29) is 0 Å². The Morgan fingerprint density at radius 2 is 1.19 bits per heavy atom. The summed E-state index contributed by atoms with van der Waals surface area (Å²) < 4.78 is 0. The van der Waals surface area contributed by atoms with E-state index < -0.39 is 0 Å².